The molecular weight excluding hydrogens is 573 g/mol. The highest BCUT2D eigenvalue weighted by atomic mass is 79.9. The molecule has 1 heterocycles. The van der Waals surface area contributed by atoms with Gasteiger partial charge in [-0.25, -0.2) is 0 Å². The summed E-state index contributed by atoms with van der Waals surface area (Å²) in [6.45, 7) is 0. The van der Waals surface area contributed by atoms with Gasteiger partial charge in [-0.15, -0.1) is 0 Å². The molecule has 0 radical (unpaired) electrons. The van der Waals surface area contributed by atoms with Gasteiger partial charge in [0.2, 0.25) is 7.29 Å². The van der Waals surface area contributed by atoms with E-state index in [4.69, 9.17) is 0 Å². The summed E-state index contributed by atoms with van der Waals surface area (Å²) < 4.78 is 18.9. The largest absolute Gasteiger partial charge is 0.289 e. The number of fused-ring (bicyclic) bond motifs is 9. The van der Waals surface area contributed by atoms with E-state index in [2.05, 4.69) is 106 Å². The number of anilines is 2. The Morgan fingerprint density at radius 1 is 0.500 bits per heavy atom. The van der Waals surface area contributed by atoms with Crippen LogP contribution in [0, 0.1) is 0 Å². The van der Waals surface area contributed by atoms with Gasteiger partial charge in [0.1, 0.15) is 0 Å². The fourth-order valence-electron chi connectivity index (χ4n) is 6.35. The highest BCUT2D eigenvalue weighted by Gasteiger charge is 2.42. The molecule has 0 N–H and O–H groups in total. The van der Waals surface area contributed by atoms with Crippen molar-refractivity contribution in [2.45, 2.75) is 0 Å². The number of rotatable bonds is 2. The van der Waals surface area contributed by atoms with Gasteiger partial charge in [0.25, 0.3) is 0 Å². The van der Waals surface area contributed by atoms with Gasteiger partial charge in [-0.2, -0.15) is 0 Å². The molecule has 0 fully saturated rings. The zero-order valence-electron chi connectivity index (χ0n) is 21.5. The van der Waals surface area contributed by atoms with Crippen molar-refractivity contribution >= 4 is 77.5 Å². The maximum atomic E-state index is 15.8. The first-order chi connectivity index (χ1) is 19.6. The second kappa shape index (κ2) is 8.93. The average molecular weight is 596 g/mol. The Labute approximate surface area is 241 Å². The molecule has 0 saturated carbocycles. The molecule has 8 rings (SSSR count). The quantitative estimate of drug-likeness (QED) is 0.146. The van der Waals surface area contributed by atoms with Crippen molar-refractivity contribution in [3.05, 3.63) is 144 Å². The molecule has 0 bridgehead atoms. The molecule has 190 valence electrons. The van der Waals surface area contributed by atoms with Gasteiger partial charge in [-0.3, -0.25) is 9.24 Å². The van der Waals surface area contributed by atoms with E-state index in [1.54, 1.807) is 0 Å². The van der Waals surface area contributed by atoms with Crippen LogP contribution < -0.4 is 15.3 Å². The molecule has 0 aliphatic carbocycles. The Bertz CT molecular complexity index is 2140. The van der Waals surface area contributed by atoms with Crippen LogP contribution in [-0.2, 0) is 4.57 Å². The molecule has 0 aromatic heterocycles. The second-order valence-electron chi connectivity index (χ2n) is 10.2. The summed E-state index contributed by atoms with van der Waals surface area (Å²) in [6.07, 6.45) is 0. The van der Waals surface area contributed by atoms with E-state index in [-0.39, 0.29) is 0 Å². The summed E-state index contributed by atoms with van der Waals surface area (Å²) in [5.41, 5.74) is 3.94. The lowest BCUT2D eigenvalue weighted by atomic mass is 9.94. The molecule has 7 aromatic rings. The minimum absolute atomic E-state index is 0.819. The van der Waals surface area contributed by atoms with E-state index in [1.165, 1.54) is 26.9 Å². The van der Waals surface area contributed by atoms with Crippen LogP contribution in [0.15, 0.2) is 144 Å². The van der Waals surface area contributed by atoms with Crippen molar-refractivity contribution in [1.82, 2.24) is 0 Å². The van der Waals surface area contributed by atoms with Crippen LogP contribution in [0.3, 0.4) is 0 Å². The van der Waals surface area contributed by atoms with Crippen LogP contribution in [0.4, 0.5) is 11.4 Å². The zero-order valence-corrected chi connectivity index (χ0v) is 23.9. The highest BCUT2D eigenvalue weighted by molar-refractivity contribution is 9.10. The van der Waals surface area contributed by atoms with E-state index >= 15 is 4.57 Å². The fourth-order valence-corrected chi connectivity index (χ4v) is 9.75. The second-order valence-corrected chi connectivity index (χ2v) is 13.7. The first-order valence-corrected chi connectivity index (χ1v) is 15.8. The summed E-state index contributed by atoms with van der Waals surface area (Å²) in [5.74, 6) is 0. The minimum Gasteiger partial charge on any atom is -0.289 e. The van der Waals surface area contributed by atoms with E-state index in [9.17, 15) is 0 Å². The molecule has 0 amide bonds. The lowest BCUT2D eigenvalue weighted by molar-refractivity contribution is 0.587. The van der Waals surface area contributed by atoms with Crippen molar-refractivity contribution in [3.8, 4) is 11.1 Å². The van der Waals surface area contributed by atoms with Gasteiger partial charge in [0.15, 0.2) is 0 Å². The van der Waals surface area contributed by atoms with Gasteiger partial charge < -0.3 is 0 Å². The SMILES string of the molecule is O=P1(c2ccccc2)c2ccccc2-c2cc(Br)ccc2N1c1ccc2c3ccccc3c3ccccc3c2c1. The van der Waals surface area contributed by atoms with Crippen LogP contribution in [-0.4, -0.2) is 0 Å². The normalized spacial score (nSPS) is 16.3. The summed E-state index contributed by atoms with van der Waals surface area (Å²) in [5, 5.41) is 8.92. The van der Waals surface area contributed by atoms with Gasteiger partial charge in [-0.1, -0.05) is 107 Å². The number of hydrogen-bond donors (Lipinski definition) is 0. The topological polar surface area (TPSA) is 20.3 Å². The number of hydrogen-bond acceptors (Lipinski definition) is 1. The monoisotopic (exact) mass is 595 g/mol. The van der Waals surface area contributed by atoms with Crippen LogP contribution in [0.25, 0.3) is 43.4 Å². The Balaban J connectivity index is 1.50. The number of nitrogens with zero attached hydrogens (tertiary/aromatic N) is 1. The maximum absolute atomic E-state index is 15.8. The average Bonchev–Trinajstić information content (AvgIpc) is 3.02. The van der Waals surface area contributed by atoms with Crippen molar-refractivity contribution in [3.63, 3.8) is 0 Å². The van der Waals surface area contributed by atoms with Crippen molar-refractivity contribution in [1.29, 1.82) is 0 Å². The summed E-state index contributed by atoms with van der Waals surface area (Å²) in [4.78, 5) is 0. The van der Waals surface area contributed by atoms with Crippen molar-refractivity contribution < 1.29 is 4.57 Å². The van der Waals surface area contributed by atoms with Gasteiger partial charge in [0, 0.05) is 26.3 Å². The lowest BCUT2D eigenvalue weighted by Gasteiger charge is -2.40. The summed E-state index contributed by atoms with van der Waals surface area (Å²) >= 11 is 3.69. The van der Waals surface area contributed by atoms with Gasteiger partial charge in [-0.05, 0) is 86.4 Å². The standard InChI is InChI=1S/C36H23BrNOP/c37-24-18-21-35-34(22-24)32-16-8-9-17-36(32)40(39,26-10-2-1-3-11-26)38(35)25-19-20-31-29-14-5-4-12-27(29)28-13-6-7-15-30(28)33(31)23-25/h1-23H. The van der Waals surface area contributed by atoms with Crippen LogP contribution in [0.1, 0.15) is 0 Å². The van der Waals surface area contributed by atoms with E-state index in [1.807, 2.05) is 54.6 Å². The van der Waals surface area contributed by atoms with E-state index in [0.29, 0.717) is 0 Å². The first-order valence-electron chi connectivity index (χ1n) is 13.3. The van der Waals surface area contributed by atoms with E-state index in [0.717, 1.165) is 43.0 Å². The molecular formula is C36H23BrNOP. The molecule has 4 heteroatoms. The van der Waals surface area contributed by atoms with Crippen molar-refractivity contribution in [2.24, 2.45) is 0 Å². The molecule has 0 saturated heterocycles. The summed E-state index contributed by atoms with van der Waals surface area (Å²) in [6, 6.07) is 48.1. The predicted octanol–water partition coefficient (Wildman–Crippen LogP) is 9.96. The summed E-state index contributed by atoms with van der Waals surface area (Å²) in [7, 11) is -3.30. The predicted molar refractivity (Wildman–Crippen MR) is 174 cm³/mol. The van der Waals surface area contributed by atoms with Gasteiger partial charge >= 0.3 is 0 Å². The third kappa shape index (κ3) is 3.32. The fraction of sp³-hybridized carbons (Fsp3) is 0. The Hall–Kier alpha value is -4.17. The maximum Gasteiger partial charge on any atom is 0.234 e. The minimum atomic E-state index is -3.30. The lowest BCUT2D eigenvalue weighted by Crippen LogP contribution is -2.33. The molecule has 2 nitrogen and oxygen atoms in total. The molecule has 7 aromatic carbocycles. The Morgan fingerprint density at radius 3 is 1.77 bits per heavy atom. The molecule has 1 aliphatic rings. The molecule has 40 heavy (non-hydrogen) atoms. The molecule has 1 aliphatic heterocycles. The van der Waals surface area contributed by atoms with Crippen LogP contribution >= 0.6 is 23.2 Å². The number of benzene rings is 7. The van der Waals surface area contributed by atoms with Gasteiger partial charge in [0.05, 0.1) is 5.69 Å². The molecule has 1 atom stereocenters. The van der Waals surface area contributed by atoms with Crippen LogP contribution in [0.2, 0.25) is 0 Å². The Morgan fingerprint density at radius 2 is 1.07 bits per heavy atom. The highest BCUT2D eigenvalue weighted by Crippen LogP contribution is 2.61. The number of halogens is 1. The zero-order chi connectivity index (χ0) is 26.8. The van der Waals surface area contributed by atoms with Crippen molar-refractivity contribution in [2.75, 3.05) is 4.67 Å². The van der Waals surface area contributed by atoms with E-state index < -0.39 is 7.29 Å². The molecule has 0 spiro atoms. The Kier molecular flexibility index (Phi) is 5.29. The van der Waals surface area contributed by atoms with Crippen LogP contribution in [0.5, 0.6) is 0 Å². The molecule has 1 unspecified atom stereocenters. The third-order valence-corrected chi connectivity index (χ3v) is 11.6. The smallest absolute Gasteiger partial charge is 0.234 e. The third-order valence-electron chi connectivity index (χ3n) is 8.07. The first kappa shape index (κ1) is 23.7.